The van der Waals surface area contributed by atoms with Crippen molar-refractivity contribution in [1.29, 1.82) is 0 Å². The summed E-state index contributed by atoms with van der Waals surface area (Å²) in [5.74, 6) is 0.786. The topological polar surface area (TPSA) is 145 Å². The molecule has 0 aliphatic carbocycles. The Morgan fingerprint density at radius 2 is 1.02 bits per heavy atom. The molecule has 248 valence electrons. The number of azo groups is 2. The van der Waals surface area contributed by atoms with E-state index in [1.807, 2.05) is 107 Å². The van der Waals surface area contributed by atoms with Gasteiger partial charge in [-0.05, 0) is 78.6 Å². The van der Waals surface area contributed by atoms with Gasteiger partial charge in [-0.2, -0.15) is 5.11 Å². The molecule has 0 fully saturated rings. The Kier molecular flexibility index (Phi) is 14.8. The minimum Gasteiger partial charge on any atom is -0.395 e. The Balaban J connectivity index is 1.24. The van der Waals surface area contributed by atoms with E-state index in [0.29, 0.717) is 26.2 Å². The number of aliphatic hydroxyl groups is 4. The van der Waals surface area contributed by atoms with Crippen LogP contribution in [0, 0.1) is 0 Å². The van der Waals surface area contributed by atoms with Crippen LogP contribution in [0.1, 0.15) is 19.3 Å². The van der Waals surface area contributed by atoms with Gasteiger partial charge in [0.25, 0.3) is 0 Å². The second kappa shape index (κ2) is 19.8. The predicted octanol–water partition coefficient (Wildman–Crippen LogP) is 4.54. The van der Waals surface area contributed by atoms with Crippen LogP contribution in [0.5, 0.6) is 0 Å². The number of hydrogen-bond acceptors (Lipinski definition) is 10. The van der Waals surface area contributed by atoms with Gasteiger partial charge in [-0.1, -0.05) is 6.07 Å². The summed E-state index contributed by atoms with van der Waals surface area (Å²) in [6.45, 7) is 3.63. The van der Waals surface area contributed by atoms with Crippen molar-refractivity contribution >= 4 is 34.3 Å². The van der Waals surface area contributed by atoms with Crippen LogP contribution in [0.3, 0.4) is 0 Å². The molecule has 0 amide bonds. The molecule has 0 atom stereocenters. The molecule has 0 unspecified atom stereocenters. The smallest absolute Gasteiger partial charge is 0.350 e. The van der Waals surface area contributed by atoms with Crippen molar-refractivity contribution in [3.63, 3.8) is 0 Å². The maximum absolute atomic E-state index is 9.28. The molecule has 4 rings (SSSR count). The maximum atomic E-state index is 9.28. The summed E-state index contributed by atoms with van der Waals surface area (Å²) in [7, 11) is 0. The van der Waals surface area contributed by atoms with Gasteiger partial charge in [-0.15, -0.1) is 5.11 Å². The fraction of sp³-hybridized carbons (Fsp3) is 0.371. The lowest BCUT2D eigenvalue weighted by Crippen LogP contribution is -2.34. The van der Waals surface area contributed by atoms with E-state index in [9.17, 15) is 20.4 Å². The van der Waals surface area contributed by atoms with Crippen LogP contribution in [-0.2, 0) is 13.1 Å². The zero-order valence-electron chi connectivity index (χ0n) is 26.8. The lowest BCUT2D eigenvalue weighted by atomic mass is 10.2. The molecule has 2 heterocycles. The largest absolute Gasteiger partial charge is 0.395 e. The molecule has 0 spiro atoms. The van der Waals surface area contributed by atoms with E-state index < -0.39 is 0 Å². The van der Waals surface area contributed by atoms with Crippen molar-refractivity contribution in [2.24, 2.45) is 20.5 Å². The highest BCUT2D eigenvalue weighted by atomic mass is 16.3. The van der Waals surface area contributed by atoms with Crippen molar-refractivity contribution in [3.05, 3.63) is 97.5 Å². The van der Waals surface area contributed by atoms with Gasteiger partial charge in [0, 0.05) is 56.1 Å². The van der Waals surface area contributed by atoms with Crippen LogP contribution in [0.15, 0.2) is 118 Å². The standard InChI is InChI=1S/C35H46N8O4/c44-25-21-41(22-26-45)33-13-9-30(10-14-33)36-38-32-7-6-18-40(29-32)17-3-1-4-19-43-20-5-2-8-35(43)39-37-31-11-15-34(16-12-31)42(23-27-46)24-28-47/h2,5-16,18,20,29,44-47H,1,3-4,17,19,21-28H2/q+2. The van der Waals surface area contributed by atoms with Gasteiger partial charge >= 0.3 is 5.82 Å². The predicted molar refractivity (Wildman–Crippen MR) is 181 cm³/mol. The molecule has 2 aromatic carbocycles. The summed E-state index contributed by atoms with van der Waals surface area (Å²) in [4.78, 5) is 3.84. The zero-order valence-corrected chi connectivity index (χ0v) is 26.8. The summed E-state index contributed by atoms with van der Waals surface area (Å²) in [6, 6.07) is 25.0. The highest BCUT2D eigenvalue weighted by molar-refractivity contribution is 5.53. The first-order valence-corrected chi connectivity index (χ1v) is 16.1. The number of rotatable bonds is 20. The van der Waals surface area contributed by atoms with Crippen molar-refractivity contribution < 1.29 is 29.6 Å². The minimum absolute atomic E-state index is 0.0203. The molecule has 12 heteroatoms. The first kappa shape index (κ1) is 35.2. The molecule has 0 aliphatic heterocycles. The number of aryl methyl sites for hydroxylation is 2. The summed E-state index contributed by atoms with van der Waals surface area (Å²) < 4.78 is 4.24. The number of unbranched alkanes of at least 4 members (excludes halogenated alkanes) is 2. The number of aliphatic hydroxyl groups excluding tert-OH is 4. The third-order valence-corrected chi connectivity index (χ3v) is 7.53. The molecule has 4 aromatic rings. The summed E-state index contributed by atoms with van der Waals surface area (Å²) in [6.07, 6.45) is 9.13. The highest BCUT2D eigenvalue weighted by Gasteiger charge is 2.11. The average molecular weight is 643 g/mol. The Morgan fingerprint density at radius 3 is 1.60 bits per heavy atom. The lowest BCUT2D eigenvalue weighted by Gasteiger charge is -2.22. The Bertz CT molecular complexity index is 1520. The maximum Gasteiger partial charge on any atom is 0.350 e. The van der Waals surface area contributed by atoms with Gasteiger partial charge in [0.2, 0.25) is 0 Å². The number of aromatic nitrogens is 2. The summed E-state index contributed by atoms with van der Waals surface area (Å²) >= 11 is 0. The quantitative estimate of drug-likeness (QED) is 0.0633. The van der Waals surface area contributed by atoms with Gasteiger partial charge in [-0.3, -0.25) is 0 Å². The van der Waals surface area contributed by atoms with E-state index in [4.69, 9.17) is 0 Å². The number of anilines is 2. The molecule has 4 N–H and O–H groups in total. The number of pyridine rings is 2. The van der Waals surface area contributed by atoms with E-state index in [2.05, 4.69) is 29.6 Å². The normalized spacial score (nSPS) is 11.5. The van der Waals surface area contributed by atoms with E-state index in [-0.39, 0.29) is 26.4 Å². The minimum atomic E-state index is 0.0203. The van der Waals surface area contributed by atoms with Crippen LogP contribution in [-0.4, -0.2) is 73.0 Å². The third-order valence-electron chi connectivity index (χ3n) is 7.53. The number of nitrogens with zero attached hydrogens (tertiary/aromatic N) is 8. The monoisotopic (exact) mass is 642 g/mol. The van der Waals surface area contributed by atoms with Crippen molar-refractivity contribution in [2.45, 2.75) is 32.4 Å². The highest BCUT2D eigenvalue weighted by Crippen LogP contribution is 2.23. The molecule has 47 heavy (non-hydrogen) atoms. The van der Waals surface area contributed by atoms with Gasteiger partial charge in [-0.25, -0.2) is 9.13 Å². The fourth-order valence-electron chi connectivity index (χ4n) is 5.11. The lowest BCUT2D eigenvalue weighted by molar-refractivity contribution is -0.697. The van der Waals surface area contributed by atoms with Crippen LogP contribution in [0.2, 0.25) is 0 Å². The first-order chi connectivity index (χ1) is 23.1. The molecular formula is C35H46N8O4+2. The Morgan fingerprint density at radius 1 is 0.489 bits per heavy atom. The molecule has 12 nitrogen and oxygen atoms in total. The molecule has 0 bridgehead atoms. The zero-order chi connectivity index (χ0) is 33.1. The second-order valence-electron chi connectivity index (χ2n) is 10.9. The van der Waals surface area contributed by atoms with Crippen LogP contribution < -0.4 is 18.9 Å². The first-order valence-electron chi connectivity index (χ1n) is 16.1. The number of benzene rings is 2. The van der Waals surface area contributed by atoms with Gasteiger partial charge in [0.15, 0.2) is 12.4 Å². The van der Waals surface area contributed by atoms with Crippen LogP contribution in [0.25, 0.3) is 0 Å². The Hall–Kier alpha value is -4.62. The summed E-state index contributed by atoms with van der Waals surface area (Å²) in [5, 5.41) is 54.8. The SMILES string of the molecule is OCCN(CCO)c1ccc(N=Nc2ccc[n+](CCCCC[n+]3ccccc3N=Nc3ccc(N(CCO)CCO)cc3)c2)cc1. The van der Waals surface area contributed by atoms with Crippen LogP contribution >= 0.6 is 0 Å². The van der Waals surface area contributed by atoms with Gasteiger partial charge in [0.05, 0.1) is 50.0 Å². The van der Waals surface area contributed by atoms with E-state index in [0.717, 1.165) is 66.6 Å². The van der Waals surface area contributed by atoms with E-state index in [1.54, 1.807) is 0 Å². The summed E-state index contributed by atoms with van der Waals surface area (Å²) in [5.41, 5.74) is 4.07. The second-order valence-corrected chi connectivity index (χ2v) is 10.9. The molecule has 2 aromatic heterocycles. The number of hydrogen-bond donors (Lipinski definition) is 4. The third kappa shape index (κ3) is 11.6. The van der Waals surface area contributed by atoms with Crippen LogP contribution in [0.4, 0.5) is 34.3 Å². The molecule has 0 radical (unpaired) electrons. The van der Waals surface area contributed by atoms with Crippen molar-refractivity contribution in [1.82, 2.24) is 0 Å². The van der Waals surface area contributed by atoms with Gasteiger partial charge < -0.3 is 30.2 Å². The van der Waals surface area contributed by atoms with E-state index >= 15 is 0 Å². The fourth-order valence-corrected chi connectivity index (χ4v) is 5.11. The van der Waals surface area contributed by atoms with Crippen molar-refractivity contribution in [3.8, 4) is 0 Å². The average Bonchev–Trinajstić information content (AvgIpc) is 3.10. The van der Waals surface area contributed by atoms with E-state index in [1.165, 1.54) is 0 Å². The van der Waals surface area contributed by atoms with Crippen molar-refractivity contribution in [2.75, 3.05) is 62.4 Å². The Labute approximate surface area is 276 Å². The van der Waals surface area contributed by atoms with Gasteiger partial charge in [0.1, 0.15) is 17.9 Å². The molecule has 0 aliphatic rings. The molecule has 0 saturated heterocycles. The molecular weight excluding hydrogens is 596 g/mol. The molecule has 0 saturated carbocycles.